The van der Waals surface area contributed by atoms with Crippen LogP contribution in [0.1, 0.15) is 18.5 Å². The summed E-state index contributed by atoms with van der Waals surface area (Å²) in [6.45, 7) is 2.39. The molecule has 27 heavy (non-hydrogen) atoms. The van der Waals surface area contributed by atoms with Gasteiger partial charge in [-0.1, -0.05) is 6.08 Å². The van der Waals surface area contributed by atoms with E-state index in [1.807, 2.05) is 41.4 Å². The molecule has 8 heteroatoms. The molecule has 7 nitrogen and oxygen atoms in total. The third kappa shape index (κ3) is 6.11. The van der Waals surface area contributed by atoms with Gasteiger partial charge in [0.05, 0.1) is 0 Å². The molecule has 2 aromatic heterocycles. The quantitative estimate of drug-likeness (QED) is 0.737. The van der Waals surface area contributed by atoms with Gasteiger partial charge >= 0.3 is 0 Å². The highest BCUT2D eigenvalue weighted by molar-refractivity contribution is 7.13. The average molecular weight is 387 g/mol. The first-order valence-corrected chi connectivity index (χ1v) is 10.1. The van der Waals surface area contributed by atoms with Gasteiger partial charge in [-0.2, -0.15) is 0 Å². The standard InChI is InChI=1S/C19H26N6OS/c1-24(2)8-4-6-18(26)25-9-3-5-15(13-25)11-16-12-17(22-14-21-16)23-19-20-7-10-27-19/h4,6-7,10,12,14-15H,3,5,8-9,11,13H2,1-2H3,(H,20,21,22,23)/b6-4+. The number of piperidine rings is 1. The van der Waals surface area contributed by atoms with Crippen LogP contribution >= 0.6 is 11.3 Å². The summed E-state index contributed by atoms with van der Waals surface area (Å²) in [6, 6.07) is 1.97. The van der Waals surface area contributed by atoms with E-state index in [1.54, 1.807) is 18.6 Å². The first-order chi connectivity index (χ1) is 13.1. The number of nitrogens with one attached hydrogen (secondary N) is 1. The van der Waals surface area contributed by atoms with E-state index < -0.39 is 0 Å². The van der Waals surface area contributed by atoms with Crippen LogP contribution in [0.3, 0.4) is 0 Å². The van der Waals surface area contributed by atoms with Gasteiger partial charge in [0.25, 0.3) is 0 Å². The summed E-state index contributed by atoms with van der Waals surface area (Å²) in [6.07, 6.45) is 9.96. The maximum atomic E-state index is 12.4. The van der Waals surface area contributed by atoms with Gasteiger partial charge in [0.2, 0.25) is 5.91 Å². The lowest BCUT2D eigenvalue weighted by Crippen LogP contribution is -2.39. The number of hydrogen-bond acceptors (Lipinski definition) is 7. The maximum Gasteiger partial charge on any atom is 0.246 e. The molecule has 1 N–H and O–H groups in total. The molecule has 1 aliphatic heterocycles. The fraction of sp³-hybridized carbons (Fsp3) is 0.474. The Morgan fingerprint density at radius 2 is 2.30 bits per heavy atom. The van der Waals surface area contributed by atoms with Crippen molar-refractivity contribution in [3.8, 4) is 0 Å². The number of hydrogen-bond donors (Lipinski definition) is 1. The van der Waals surface area contributed by atoms with Crippen molar-refractivity contribution in [2.75, 3.05) is 39.0 Å². The van der Waals surface area contributed by atoms with E-state index in [4.69, 9.17) is 0 Å². The first-order valence-electron chi connectivity index (χ1n) is 9.18. The van der Waals surface area contributed by atoms with Crippen LogP contribution in [0.5, 0.6) is 0 Å². The molecule has 0 radical (unpaired) electrons. The molecule has 0 saturated carbocycles. The Hall–Kier alpha value is -2.32. The normalized spacial score (nSPS) is 17.6. The first kappa shape index (κ1) is 19.4. The summed E-state index contributed by atoms with van der Waals surface area (Å²) in [7, 11) is 3.98. The van der Waals surface area contributed by atoms with Crippen molar-refractivity contribution >= 4 is 28.2 Å². The van der Waals surface area contributed by atoms with Gasteiger partial charge in [0.15, 0.2) is 5.13 Å². The number of carbonyl (C=O) groups excluding carboxylic acids is 1. The second-order valence-electron chi connectivity index (χ2n) is 7.02. The lowest BCUT2D eigenvalue weighted by molar-refractivity contribution is -0.127. The Balaban J connectivity index is 1.56. The van der Waals surface area contributed by atoms with Crippen molar-refractivity contribution in [1.29, 1.82) is 0 Å². The molecule has 0 bridgehead atoms. The Labute approximate surface area is 164 Å². The Morgan fingerprint density at radius 1 is 1.41 bits per heavy atom. The molecule has 1 aliphatic rings. The number of nitrogens with zero attached hydrogens (tertiary/aromatic N) is 5. The number of aromatic nitrogens is 3. The molecule has 1 fully saturated rings. The molecule has 3 rings (SSSR count). The Morgan fingerprint density at radius 3 is 3.07 bits per heavy atom. The minimum atomic E-state index is 0.107. The number of thiazole rings is 1. The molecular formula is C19H26N6OS. The third-order valence-corrected chi connectivity index (χ3v) is 5.14. The smallest absolute Gasteiger partial charge is 0.246 e. The zero-order chi connectivity index (χ0) is 19.1. The van der Waals surface area contributed by atoms with Gasteiger partial charge in [0.1, 0.15) is 12.1 Å². The lowest BCUT2D eigenvalue weighted by atomic mass is 9.93. The monoisotopic (exact) mass is 386 g/mol. The molecule has 1 atom stereocenters. The maximum absolute atomic E-state index is 12.4. The van der Waals surface area contributed by atoms with Crippen LogP contribution in [-0.4, -0.2) is 64.4 Å². The van der Waals surface area contributed by atoms with Gasteiger partial charge < -0.3 is 15.1 Å². The van der Waals surface area contributed by atoms with E-state index in [9.17, 15) is 4.79 Å². The molecule has 0 aliphatic carbocycles. The summed E-state index contributed by atoms with van der Waals surface area (Å²) in [5.74, 6) is 1.29. The minimum absolute atomic E-state index is 0.107. The number of amides is 1. The average Bonchev–Trinajstić information content (AvgIpc) is 3.15. The second kappa shape index (κ2) is 9.57. The largest absolute Gasteiger partial charge is 0.339 e. The fourth-order valence-electron chi connectivity index (χ4n) is 3.17. The van der Waals surface area contributed by atoms with E-state index in [1.165, 1.54) is 11.3 Å². The van der Waals surface area contributed by atoms with E-state index in [-0.39, 0.29) is 5.91 Å². The second-order valence-corrected chi connectivity index (χ2v) is 7.91. The van der Waals surface area contributed by atoms with E-state index in [0.29, 0.717) is 5.92 Å². The van der Waals surface area contributed by atoms with Crippen molar-refractivity contribution in [2.45, 2.75) is 19.3 Å². The predicted molar refractivity (Wildman–Crippen MR) is 108 cm³/mol. The molecule has 144 valence electrons. The number of carbonyl (C=O) groups is 1. The highest BCUT2D eigenvalue weighted by Gasteiger charge is 2.23. The molecule has 3 heterocycles. The number of likely N-dealkylation sites (tertiary alicyclic amines) is 1. The van der Waals surface area contributed by atoms with Gasteiger partial charge in [-0.3, -0.25) is 4.79 Å². The summed E-state index contributed by atoms with van der Waals surface area (Å²) in [4.78, 5) is 29.3. The van der Waals surface area contributed by atoms with Gasteiger partial charge in [0, 0.05) is 49.0 Å². The van der Waals surface area contributed by atoms with Crippen molar-refractivity contribution in [1.82, 2.24) is 24.8 Å². The van der Waals surface area contributed by atoms with Crippen LogP contribution in [0, 0.1) is 5.92 Å². The summed E-state index contributed by atoms with van der Waals surface area (Å²) in [5.41, 5.74) is 0.992. The molecule has 1 saturated heterocycles. The topological polar surface area (TPSA) is 74.2 Å². The summed E-state index contributed by atoms with van der Waals surface area (Å²) in [5, 5.41) is 5.94. The number of anilines is 2. The molecule has 1 unspecified atom stereocenters. The van der Waals surface area contributed by atoms with E-state index in [2.05, 4.69) is 20.3 Å². The molecule has 0 spiro atoms. The zero-order valence-electron chi connectivity index (χ0n) is 15.8. The molecule has 0 aromatic carbocycles. The van der Waals surface area contributed by atoms with Crippen molar-refractivity contribution in [2.24, 2.45) is 5.92 Å². The van der Waals surface area contributed by atoms with Crippen LogP contribution in [0.15, 0.2) is 36.1 Å². The summed E-state index contributed by atoms with van der Waals surface area (Å²) >= 11 is 1.53. The van der Waals surface area contributed by atoms with Gasteiger partial charge in [-0.15, -0.1) is 11.3 Å². The number of likely N-dealkylation sites (N-methyl/N-ethyl adjacent to an activating group) is 1. The van der Waals surface area contributed by atoms with Crippen LogP contribution in [0.4, 0.5) is 10.9 Å². The highest BCUT2D eigenvalue weighted by Crippen LogP contribution is 2.22. The molecule has 1 amide bonds. The Kier molecular flexibility index (Phi) is 6.89. The van der Waals surface area contributed by atoms with Crippen molar-refractivity contribution in [3.05, 3.63) is 41.8 Å². The zero-order valence-corrected chi connectivity index (χ0v) is 16.7. The van der Waals surface area contributed by atoms with Crippen LogP contribution < -0.4 is 5.32 Å². The highest BCUT2D eigenvalue weighted by atomic mass is 32.1. The van der Waals surface area contributed by atoms with Crippen LogP contribution in [-0.2, 0) is 11.2 Å². The fourth-order valence-corrected chi connectivity index (χ4v) is 3.71. The van der Waals surface area contributed by atoms with Crippen molar-refractivity contribution < 1.29 is 4.79 Å². The lowest BCUT2D eigenvalue weighted by Gasteiger charge is -2.32. The predicted octanol–water partition coefficient (Wildman–Crippen LogP) is 2.58. The minimum Gasteiger partial charge on any atom is -0.339 e. The molecule has 2 aromatic rings. The Bertz CT molecular complexity index is 761. The van der Waals surface area contributed by atoms with Gasteiger partial charge in [-0.05, 0) is 39.3 Å². The van der Waals surface area contributed by atoms with Crippen LogP contribution in [0.25, 0.3) is 0 Å². The summed E-state index contributed by atoms with van der Waals surface area (Å²) < 4.78 is 0. The van der Waals surface area contributed by atoms with E-state index in [0.717, 1.165) is 55.5 Å². The third-order valence-electron chi connectivity index (χ3n) is 4.45. The van der Waals surface area contributed by atoms with Crippen LogP contribution in [0.2, 0.25) is 0 Å². The van der Waals surface area contributed by atoms with E-state index >= 15 is 0 Å². The molecular weight excluding hydrogens is 360 g/mol. The van der Waals surface area contributed by atoms with Gasteiger partial charge in [-0.25, -0.2) is 15.0 Å². The SMILES string of the molecule is CN(C)C/C=C/C(=O)N1CCCC(Cc2cc(Nc3nccs3)ncn2)C1. The van der Waals surface area contributed by atoms with Crippen molar-refractivity contribution in [3.63, 3.8) is 0 Å². The number of rotatable bonds is 7.